The maximum atomic E-state index is 6.44. The number of piperidine rings is 1. The van der Waals surface area contributed by atoms with Crippen LogP contribution in [0.15, 0.2) is 0 Å². The molecule has 5 unspecified atom stereocenters. The van der Waals surface area contributed by atoms with Gasteiger partial charge in [0.15, 0.2) is 0 Å². The summed E-state index contributed by atoms with van der Waals surface area (Å²) in [5, 5.41) is 0. The normalized spacial score (nSPS) is 42.9. The van der Waals surface area contributed by atoms with Crippen LogP contribution in [0.25, 0.3) is 0 Å². The Morgan fingerprint density at radius 3 is 2.79 bits per heavy atom. The van der Waals surface area contributed by atoms with Gasteiger partial charge >= 0.3 is 0 Å². The van der Waals surface area contributed by atoms with Gasteiger partial charge in [-0.15, -0.1) is 0 Å². The maximum absolute atomic E-state index is 6.44. The number of hydrogen-bond donors (Lipinski definition) is 1. The Balaban J connectivity index is 1.49. The molecular weight excluding hydrogens is 236 g/mol. The fraction of sp³-hybridized carbons (Fsp3) is 1.00. The fourth-order valence-electron chi connectivity index (χ4n) is 4.62. The van der Waals surface area contributed by atoms with Crippen LogP contribution in [0, 0.1) is 17.8 Å². The minimum absolute atomic E-state index is 0.475. The first kappa shape index (κ1) is 13.8. The molecule has 19 heavy (non-hydrogen) atoms. The van der Waals surface area contributed by atoms with Crippen LogP contribution in [0.2, 0.25) is 0 Å². The van der Waals surface area contributed by atoms with Crippen molar-refractivity contribution in [2.75, 3.05) is 26.2 Å². The molecule has 0 spiro atoms. The number of likely N-dealkylation sites (tertiary alicyclic amines) is 1. The first-order chi connectivity index (χ1) is 9.28. The van der Waals surface area contributed by atoms with Gasteiger partial charge in [0.2, 0.25) is 0 Å². The van der Waals surface area contributed by atoms with E-state index in [2.05, 4.69) is 11.8 Å². The average molecular weight is 266 g/mol. The second kappa shape index (κ2) is 6.11. The van der Waals surface area contributed by atoms with Crippen molar-refractivity contribution in [1.29, 1.82) is 0 Å². The van der Waals surface area contributed by atoms with Gasteiger partial charge in [0.25, 0.3) is 0 Å². The highest BCUT2D eigenvalue weighted by Crippen LogP contribution is 2.47. The summed E-state index contributed by atoms with van der Waals surface area (Å²) in [6.45, 7) is 6.74. The maximum Gasteiger partial charge on any atom is 0.0702 e. The molecule has 2 saturated carbocycles. The lowest BCUT2D eigenvalue weighted by atomic mass is 9.84. The van der Waals surface area contributed by atoms with Gasteiger partial charge in [-0.2, -0.15) is 0 Å². The summed E-state index contributed by atoms with van der Waals surface area (Å²) in [6.07, 6.45) is 8.40. The van der Waals surface area contributed by atoms with Crippen LogP contribution in [0.1, 0.15) is 45.4 Å². The molecule has 110 valence electrons. The standard InChI is InChI=1S/C16H30N2O/c1-2-8-19-14-4-3-7-18(10-14)11-15-12-5-6-13(9-12)16(15)17/h12-16H,2-11,17H2,1H3. The zero-order valence-electron chi connectivity index (χ0n) is 12.4. The third kappa shape index (κ3) is 2.98. The quantitative estimate of drug-likeness (QED) is 0.829. The summed E-state index contributed by atoms with van der Waals surface area (Å²) in [6, 6.07) is 0.482. The van der Waals surface area contributed by atoms with Gasteiger partial charge < -0.3 is 15.4 Å². The van der Waals surface area contributed by atoms with Crippen molar-refractivity contribution in [3.8, 4) is 0 Å². The zero-order chi connectivity index (χ0) is 13.2. The Morgan fingerprint density at radius 2 is 2.05 bits per heavy atom. The summed E-state index contributed by atoms with van der Waals surface area (Å²) >= 11 is 0. The Hall–Kier alpha value is -0.120. The van der Waals surface area contributed by atoms with Crippen molar-refractivity contribution >= 4 is 0 Å². The van der Waals surface area contributed by atoms with Crippen LogP contribution >= 0.6 is 0 Å². The van der Waals surface area contributed by atoms with E-state index in [1.165, 1.54) is 45.2 Å². The molecule has 0 aromatic carbocycles. The van der Waals surface area contributed by atoms with Crippen LogP contribution in [0.5, 0.6) is 0 Å². The number of ether oxygens (including phenoxy) is 1. The lowest BCUT2D eigenvalue weighted by Gasteiger charge is -2.37. The summed E-state index contributed by atoms with van der Waals surface area (Å²) in [5.74, 6) is 2.53. The molecule has 0 radical (unpaired) electrons. The molecule has 3 fully saturated rings. The van der Waals surface area contributed by atoms with E-state index in [0.29, 0.717) is 12.1 Å². The number of fused-ring (bicyclic) bond motifs is 2. The van der Waals surface area contributed by atoms with Crippen LogP contribution in [-0.4, -0.2) is 43.3 Å². The van der Waals surface area contributed by atoms with Crippen molar-refractivity contribution in [2.24, 2.45) is 23.5 Å². The van der Waals surface area contributed by atoms with E-state index in [0.717, 1.165) is 37.3 Å². The molecule has 1 heterocycles. The first-order valence-electron chi connectivity index (χ1n) is 8.37. The van der Waals surface area contributed by atoms with Gasteiger partial charge in [-0.25, -0.2) is 0 Å². The number of nitrogens with zero attached hydrogens (tertiary/aromatic N) is 1. The molecule has 1 saturated heterocycles. The van der Waals surface area contributed by atoms with Gasteiger partial charge in [-0.3, -0.25) is 0 Å². The van der Waals surface area contributed by atoms with Crippen LogP contribution in [0.4, 0.5) is 0 Å². The van der Waals surface area contributed by atoms with E-state index in [9.17, 15) is 0 Å². The average Bonchev–Trinajstić information content (AvgIpc) is 3.01. The van der Waals surface area contributed by atoms with Crippen molar-refractivity contribution in [3.05, 3.63) is 0 Å². The SMILES string of the molecule is CCCOC1CCCN(CC2C3CCC(C3)C2N)C1. The molecule has 3 nitrogen and oxygen atoms in total. The monoisotopic (exact) mass is 266 g/mol. The van der Waals surface area contributed by atoms with Crippen molar-refractivity contribution < 1.29 is 4.74 Å². The van der Waals surface area contributed by atoms with Crippen molar-refractivity contribution in [1.82, 2.24) is 4.90 Å². The summed E-state index contributed by atoms with van der Waals surface area (Å²) in [4.78, 5) is 2.63. The Kier molecular flexibility index (Phi) is 4.45. The van der Waals surface area contributed by atoms with Gasteiger partial charge in [-0.05, 0) is 62.8 Å². The molecule has 0 amide bonds. The molecular formula is C16H30N2O. The number of hydrogen-bond acceptors (Lipinski definition) is 3. The van der Waals surface area contributed by atoms with Crippen LogP contribution in [0.3, 0.4) is 0 Å². The van der Waals surface area contributed by atoms with Gasteiger partial charge in [0.05, 0.1) is 6.10 Å². The largest absolute Gasteiger partial charge is 0.377 e. The predicted molar refractivity (Wildman–Crippen MR) is 78.0 cm³/mol. The van der Waals surface area contributed by atoms with E-state index in [1.807, 2.05) is 0 Å². The summed E-state index contributed by atoms with van der Waals surface area (Å²) in [5.41, 5.74) is 6.44. The molecule has 5 atom stereocenters. The third-order valence-electron chi connectivity index (χ3n) is 5.65. The van der Waals surface area contributed by atoms with E-state index < -0.39 is 0 Å². The van der Waals surface area contributed by atoms with E-state index in [-0.39, 0.29) is 0 Å². The Bertz CT molecular complexity index is 294. The minimum Gasteiger partial charge on any atom is -0.377 e. The van der Waals surface area contributed by atoms with Crippen LogP contribution < -0.4 is 5.73 Å². The lowest BCUT2D eigenvalue weighted by Crippen LogP contribution is -2.47. The Labute approximate surface area is 117 Å². The molecule has 0 aromatic rings. The highest BCUT2D eigenvalue weighted by Gasteiger charge is 2.46. The molecule has 1 aliphatic heterocycles. The second-order valence-corrected chi connectivity index (χ2v) is 6.97. The van der Waals surface area contributed by atoms with E-state index in [1.54, 1.807) is 0 Å². The lowest BCUT2D eigenvalue weighted by molar-refractivity contribution is -0.00699. The fourth-order valence-corrected chi connectivity index (χ4v) is 4.62. The predicted octanol–water partition coefficient (Wildman–Crippen LogP) is 2.25. The van der Waals surface area contributed by atoms with Crippen molar-refractivity contribution in [2.45, 2.75) is 57.6 Å². The van der Waals surface area contributed by atoms with Crippen molar-refractivity contribution in [3.63, 3.8) is 0 Å². The summed E-state index contributed by atoms with van der Waals surface area (Å²) < 4.78 is 5.94. The van der Waals surface area contributed by atoms with Gasteiger partial charge in [0.1, 0.15) is 0 Å². The summed E-state index contributed by atoms with van der Waals surface area (Å²) in [7, 11) is 0. The van der Waals surface area contributed by atoms with Crippen LogP contribution in [-0.2, 0) is 4.74 Å². The second-order valence-electron chi connectivity index (χ2n) is 6.97. The third-order valence-corrected chi connectivity index (χ3v) is 5.65. The van der Waals surface area contributed by atoms with Gasteiger partial charge in [0, 0.05) is 25.7 Å². The molecule has 0 aromatic heterocycles. The highest BCUT2D eigenvalue weighted by atomic mass is 16.5. The Morgan fingerprint density at radius 1 is 1.21 bits per heavy atom. The highest BCUT2D eigenvalue weighted by molar-refractivity contribution is 5.00. The minimum atomic E-state index is 0.475. The smallest absolute Gasteiger partial charge is 0.0702 e. The molecule has 2 aliphatic carbocycles. The topological polar surface area (TPSA) is 38.5 Å². The molecule has 2 bridgehead atoms. The molecule has 3 rings (SSSR count). The zero-order valence-corrected chi connectivity index (χ0v) is 12.4. The molecule has 2 N–H and O–H groups in total. The van der Waals surface area contributed by atoms with E-state index >= 15 is 0 Å². The van der Waals surface area contributed by atoms with E-state index in [4.69, 9.17) is 10.5 Å². The van der Waals surface area contributed by atoms with Gasteiger partial charge in [-0.1, -0.05) is 6.92 Å². The first-order valence-corrected chi connectivity index (χ1v) is 8.37. The molecule has 3 heteroatoms. The molecule has 3 aliphatic rings. The number of nitrogens with two attached hydrogens (primary N) is 1. The number of rotatable bonds is 5.